The van der Waals surface area contributed by atoms with E-state index in [0.717, 1.165) is 17.8 Å². The summed E-state index contributed by atoms with van der Waals surface area (Å²) in [4.78, 5) is 28.0. The third-order valence-corrected chi connectivity index (χ3v) is 3.99. The van der Waals surface area contributed by atoms with Gasteiger partial charge in [-0.15, -0.1) is 0 Å². The number of hydrogen-bond acceptors (Lipinski definition) is 4. The van der Waals surface area contributed by atoms with E-state index in [9.17, 15) is 22.8 Å². The molecule has 0 radical (unpaired) electrons. The van der Waals surface area contributed by atoms with Gasteiger partial charge in [0, 0.05) is 23.5 Å². The number of alkyl halides is 3. The predicted octanol–water partition coefficient (Wildman–Crippen LogP) is 4.83. The fourth-order valence-electron chi connectivity index (χ4n) is 2.12. The first-order valence-electron chi connectivity index (χ1n) is 8.54. The second-order valence-electron chi connectivity index (χ2n) is 6.54. The van der Waals surface area contributed by atoms with Crippen LogP contribution >= 0.6 is 11.6 Å². The number of amides is 2. The van der Waals surface area contributed by atoms with E-state index >= 15 is 0 Å². The first kappa shape index (κ1) is 22.5. The molecule has 1 aromatic carbocycles. The molecule has 156 valence electrons. The summed E-state index contributed by atoms with van der Waals surface area (Å²) in [6.45, 7) is 3.73. The van der Waals surface area contributed by atoms with Crippen molar-refractivity contribution in [2.24, 2.45) is 5.92 Å². The number of hydrogen-bond donors (Lipinski definition) is 2. The molecule has 1 aromatic heterocycles. The van der Waals surface area contributed by atoms with E-state index < -0.39 is 24.6 Å². The molecule has 2 aromatic rings. The van der Waals surface area contributed by atoms with E-state index in [1.807, 2.05) is 0 Å². The molecule has 2 amide bonds. The number of nitrogens with zero attached hydrogens (tertiary/aromatic N) is 1. The number of aryl methyl sites for hydroxylation is 1. The Kier molecular flexibility index (Phi) is 7.07. The smallest absolute Gasteiger partial charge is 0.422 e. The molecule has 0 atom stereocenters. The minimum absolute atomic E-state index is 0.0328. The van der Waals surface area contributed by atoms with Crippen LogP contribution in [0, 0.1) is 12.8 Å². The fraction of sp³-hybridized carbons (Fsp3) is 0.316. The Morgan fingerprint density at radius 2 is 1.90 bits per heavy atom. The minimum atomic E-state index is -4.53. The van der Waals surface area contributed by atoms with Gasteiger partial charge in [-0.25, -0.2) is 4.98 Å². The summed E-state index contributed by atoms with van der Waals surface area (Å²) in [5, 5.41) is 5.17. The standard InChI is InChI=1S/C19H19ClF3N3O3/c1-10(2)16(27)25-13-5-4-11(3)15(7-13)26-17(28)12-6-14(20)18(24-8-12)29-9-19(21,22)23/h4-8,10H,9H2,1-3H3,(H,25,27)(H,26,28). The average molecular weight is 430 g/mol. The van der Waals surface area contributed by atoms with Gasteiger partial charge in [0.1, 0.15) is 5.02 Å². The average Bonchev–Trinajstić information content (AvgIpc) is 2.62. The van der Waals surface area contributed by atoms with Crippen LogP contribution in [-0.4, -0.2) is 29.6 Å². The zero-order chi connectivity index (χ0) is 21.8. The molecular formula is C19H19ClF3N3O3. The summed E-state index contributed by atoms with van der Waals surface area (Å²) >= 11 is 5.87. The van der Waals surface area contributed by atoms with Crippen LogP contribution in [0.2, 0.25) is 5.02 Å². The van der Waals surface area contributed by atoms with E-state index in [2.05, 4.69) is 20.4 Å². The number of ether oxygens (including phenoxy) is 1. The highest BCUT2D eigenvalue weighted by Gasteiger charge is 2.29. The Hall–Kier alpha value is -2.81. The summed E-state index contributed by atoms with van der Waals surface area (Å²) in [5.74, 6) is -1.37. The second kappa shape index (κ2) is 9.13. The minimum Gasteiger partial charge on any atom is -0.467 e. The van der Waals surface area contributed by atoms with Crippen molar-refractivity contribution in [3.8, 4) is 5.88 Å². The number of nitrogens with one attached hydrogen (secondary N) is 2. The summed E-state index contributed by atoms with van der Waals surface area (Å²) < 4.78 is 41.2. The maximum atomic E-state index is 12.5. The quantitative estimate of drug-likeness (QED) is 0.689. The van der Waals surface area contributed by atoms with E-state index in [1.54, 1.807) is 39.0 Å². The molecule has 2 rings (SSSR count). The van der Waals surface area contributed by atoms with Crippen LogP contribution in [-0.2, 0) is 4.79 Å². The maximum Gasteiger partial charge on any atom is 0.422 e. The molecule has 0 aliphatic rings. The Bertz CT molecular complexity index is 917. The van der Waals surface area contributed by atoms with Gasteiger partial charge < -0.3 is 15.4 Å². The van der Waals surface area contributed by atoms with Crippen LogP contribution in [0.3, 0.4) is 0 Å². The topological polar surface area (TPSA) is 80.3 Å². The highest BCUT2D eigenvalue weighted by molar-refractivity contribution is 6.32. The first-order chi connectivity index (χ1) is 13.5. The van der Waals surface area contributed by atoms with Crippen molar-refractivity contribution >= 4 is 34.8 Å². The maximum absolute atomic E-state index is 12.5. The molecular weight excluding hydrogens is 411 g/mol. The number of rotatable bonds is 6. The largest absolute Gasteiger partial charge is 0.467 e. The number of aromatic nitrogens is 1. The lowest BCUT2D eigenvalue weighted by Crippen LogP contribution is -2.20. The molecule has 10 heteroatoms. The number of halogens is 4. The Morgan fingerprint density at radius 3 is 2.48 bits per heavy atom. The Morgan fingerprint density at radius 1 is 1.21 bits per heavy atom. The number of carbonyl (C=O) groups is 2. The summed E-state index contributed by atoms with van der Waals surface area (Å²) in [6, 6.07) is 6.19. The van der Waals surface area contributed by atoms with Gasteiger partial charge in [0.05, 0.1) is 5.56 Å². The van der Waals surface area contributed by atoms with Crippen molar-refractivity contribution in [2.75, 3.05) is 17.2 Å². The molecule has 6 nitrogen and oxygen atoms in total. The number of pyridine rings is 1. The number of anilines is 2. The number of benzene rings is 1. The van der Waals surface area contributed by atoms with Gasteiger partial charge >= 0.3 is 6.18 Å². The van der Waals surface area contributed by atoms with Crippen molar-refractivity contribution in [3.63, 3.8) is 0 Å². The van der Waals surface area contributed by atoms with Gasteiger partial charge in [-0.1, -0.05) is 31.5 Å². The van der Waals surface area contributed by atoms with Gasteiger partial charge in [0.25, 0.3) is 5.91 Å². The Balaban J connectivity index is 2.13. The highest BCUT2D eigenvalue weighted by Crippen LogP contribution is 2.26. The summed E-state index contributed by atoms with van der Waals surface area (Å²) in [7, 11) is 0. The molecule has 29 heavy (non-hydrogen) atoms. The lowest BCUT2D eigenvalue weighted by molar-refractivity contribution is -0.154. The second-order valence-corrected chi connectivity index (χ2v) is 6.95. The number of carbonyl (C=O) groups excluding carboxylic acids is 2. The van der Waals surface area contributed by atoms with E-state index in [1.165, 1.54) is 0 Å². The Labute approximate surface area is 170 Å². The summed E-state index contributed by atoms with van der Waals surface area (Å²) in [6.07, 6.45) is -3.47. The van der Waals surface area contributed by atoms with Crippen LogP contribution in [0.15, 0.2) is 30.5 Å². The van der Waals surface area contributed by atoms with Crippen LogP contribution in [0.25, 0.3) is 0 Å². The highest BCUT2D eigenvalue weighted by atomic mass is 35.5. The van der Waals surface area contributed by atoms with Gasteiger partial charge in [-0.3, -0.25) is 9.59 Å². The van der Waals surface area contributed by atoms with Crippen molar-refractivity contribution in [2.45, 2.75) is 26.9 Å². The molecule has 0 saturated carbocycles. The SMILES string of the molecule is Cc1ccc(NC(=O)C(C)C)cc1NC(=O)c1cnc(OCC(F)(F)F)c(Cl)c1. The lowest BCUT2D eigenvalue weighted by atomic mass is 10.1. The predicted molar refractivity (Wildman–Crippen MR) is 103 cm³/mol. The van der Waals surface area contributed by atoms with Crippen LogP contribution in [0.4, 0.5) is 24.5 Å². The molecule has 2 N–H and O–H groups in total. The van der Waals surface area contributed by atoms with E-state index in [0.29, 0.717) is 11.4 Å². The van der Waals surface area contributed by atoms with E-state index in [4.69, 9.17) is 11.6 Å². The third-order valence-electron chi connectivity index (χ3n) is 3.72. The van der Waals surface area contributed by atoms with Crippen molar-refractivity contribution in [1.82, 2.24) is 4.98 Å². The molecule has 0 saturated heterocycles. The van der Waals surface area contributed by atoms with Crippen molar-refractivity contribution in [3.05, 3.63) is 46.6 Å². The van der Waals surface area contributed by atoms with Crippen molar-refractivity contribution in [1.29, 1.82) is 0 Å². The summed E-state index contributed by atoms with van der Waals surface area (Å²) in [5.41, 5.74) is 1.73. The molecule has 0 bridgehead atoms. The van der Waals surface area contributed by atoms with Crippen LogP contribution in [0.1, 0.15) is 29.8 Å². The monoisotopic (exact) mass is 429 g/mol. The normalized spacial score (nSPS) is 11.3. The van der Waals surface area contributed by atoms with Gasteiger partial charge in [-0.2, -0.15) is 13.2 Å². The van der Waals surface area contributed by atoms with Gasteiger partial charge in [-0.05, 0) is 30.7 Å². The molecule has 1 heterocycles. The van der Waals surface area contributed by atoms with Gasteiger partial charge in [0.2, 0.25) is 11.8 Å². The molecule has 0 aliphatic carbocycles. The van der Waals surface area contributed by atoms with E-state index in [-0.39, 0.29) is 22.4 Å². The molecule has 0 aliphatic heterocycles. The van der Waals surface area contributed by atoms with Gasteiger partial charge in [0.15, 0.2) is 6.61 Å². The molecule has 0 fully saturated rings. The zero-order valence-electron chi connectivity index (χ0n) is 15.9. The molecule has 0 spiro atoms. The fourth-order valence-corrected chi connectivity index (χ4v) is 2.34. The lowest BCUT2D eigenvalue weighted by Gasteiger charge is -2.13. The van der Waals surface area contributed by atoms with Crippen LogP contribution < -0.4 is 15.4 Å². The van der Waals surface area contributed by atoms with Crippen molar-refractivity contribution < 1.29 is 27.5 Å². The molecule has 0 unspecified atom stereocenters. The van der Waals surface area contributed by atoms with Crippen LogP contribution in [0.5, 0.6) is 5.88 Å². The first-order valence-corrected chi connectivity index (χ1v) is 8.92. The zero-order valence-corrected chi connectivity index (χ0v) is 16.6. The third kappa shape index (κ3) is 6.63.